The van der Waals surface area contributed by atoms with E-state index in [1.54, 1.807) is 49.5 Å². The standard InChI is InChI=1S/C20H18ClN3O5/c1-23-16-9-5-3-7-14(16)19(27)24(20(23)28)10-11-29-17(25)12-22-18(26)13-6-2-4-8-15(13)21/h2-9H,10-12H2,1H3,(H,22,26). The Morgan fingerprint density at radius 2 is 1.76 bits per heavy atom. The van der Waals surface area contributed by atoms with Gasteiger partial charge in [0.15, 0.2) is 0 Å². The number of amides is 1. The summed E-state index contributed by atoms with van der Waals surface area (Å²) >= 11 is 5.93. The highest BCUT2D eigenvalue weighted by molar-refractivity contribution is 6.33. The Balaban J connectivity index is 1.60. The van der Waals surface area contributed by atoms with Gasteiger partial charge >= 0.3 is 11.7 Å². The molecule has 0 spiro atoms. The number of fused-ring (bicyclic) bond motifs is 1. The Morgan fingerprint density at radius 3 is 2.52 bits per heavy atom. The van der Waals surface area contributed by atoms with Gasteiger partial charge in [-0.3, -0.25) is 23.5 Å². The van der Waals surface area contributed by atoms with Gasteiger partial charge in [-0.15, -0.1) is 0 Å². The number of carbonyl (C=O) groups excluding carboxylic acids is 2. The summed E-state index contributed by atoms with van der Waals surface area (Å²) < 4.78 is 7.41. The maximum absolute atomic E-state index is 12.5. The molecule has 0 aliphatic carbocycles. The Kier molecular flexibility index (Phi) is 6.13. The lowest BCUT2D eigenvalue weighted by molar-refractivity contribution is -0.142. The number of halogens is 1. The van der Waals surface area contributed by atoms with Gasteiger partial charge in [-0.25, -0.2) is 4.79 Å². The van der Waals surface area contributed by atoms with E-state index in [4.69, 9.17) is 16.3 Å². The number of aromatic nitrogens is 2. The average Bonchev–Trinajstić information content (AvgIpc) is 2.73. The first-order valence-corrected chi connectivity index (χ1v) is 9.15. The van der Waals surface area contributed by atoms with Crippen molar-refractivity contribution in [1.29, 1.82) is 0 Å². The van der Waals surface area contributed by atoms with Gasteiger partial charge in [0.2, 0.25) is 0 Å². The minimum Gasteiger partial charge on any atom is -0.462 e. The fourth-order valence-electron chi connectivity index (χ4n) is 2.86. The van der Waals surface area contributed by atoms with Crippen molar-refractivity contribution in [2.45, 2.75) is 6.54 Å². The Labute approximate surface area is 170 Å². The lowest BCUT2D eigenvalue weighted by Crippen LogP contribution is -2.40. The van der Waals surface area contributed by atoms with Crippen LogP contribution in [0.1, 0.15) is 10.4 Å². The highest BCUT2D eigenvalue weighted by Crippen LogP contribution is 2.14. The first kappa shape index (κ1) is 20.3. The highest BCUT2D eigenvalue weighted by Gasteiger charge is 2.13. The molecule has 3 rings (SSSR count). The van der Waals surface area contributed by atoms with Crippen LogP contribution in [0, 0.1) is 0 Å². The van der Waals surface area contributed by atoms with Gasteiger partial charge in [0.05, 0.1) is 28.0 Å². The third kappa shape index (κ3) is 4.38. The molecule has 0 saturated carbocycles. The zero-order chi connectivity index (χ0) is 21.0. The summed E-state index contributed by atoms with van der Waals surface area (Å²) in [7, 11) is 1.57. The Morgan fingerprint density at radius 1 is 1.07 bits per heavy atom. The van der Waals surface area contributed by atoms with Crippen LogP contribution in [0.5, 0.6) is 0 Å². The van der Waals surface area contributed by atoms with Crippen molar-refractivity contribution in [2.75, 3.05) is 13.2 Å². The summed E-state index contributed by atoms with van der Waals surface area (Å²) in [5, 5.41) is 3.08. The molecule has 1 N–H and O–H groups in total. The quantitative estimate of drug-likeness (QED) is 0.612. The topological polar surface area (TPSA) is 99.4 Å². The first-order valence-electron chi connectivity index (χ1n) is 8.77. The van der Waals surface area contributed by atoms with Gasteiger partial charge in [-0.05, 0) is 24.3 Å². The van der Waals surface area contributed by atoms with Crippen LogP contribution in [-0.4, -0.2) is 34.2 Å². The Hall–Kier alpha value is -3.39. The predicted molar refractivity (Wildman–Crippen MR) is 108 cm³/mol. The lowest BCUT2D eigenvalue weighted by atomic mass is 10.2. The van der Waals surface area contributed by atoms with Gasteiger partial charge in [-0.1, -0.05) is 35.9 Å². The Bertz CT molecular complexity index is 1200. The van der Waals surface area contributed by atoms with Gasteiger partial charge in [0, 0.05) is 7.05 Å². The average molecular weight is 416 g/mol. The molecule has 0 bridgehead atoms. The molecule has 150 valence electrons. The molecule has 0 unspecified atom stereocenters. The van der Waals surface area contributed by atoms with Crippen molar-refractivity contribution in [2.24, 2.45) is 7.05 Å². The van der Waals surface area contributed by atoms with Crippen LogP contribution in [0.15, 0.2) is 58.1 Å². The monoisotopic (exact) mass is 415 g/mol. The van der Waals surface area contributed by atoms with Gasteiger partial charge in [0.25, 0.3) is 11.5 Å². The number of esters is 1. The molecule has 8 nitrogen and oxygen atoms in total. The molecule has 29 heavy (non-hydrogen) atoms. The van der Waals surface area contributed by atoms with E-state index in [0.717, 1.165) is 4.57 Å². The molecule has 0 fully saturated rings. The summed E-state index contributed by atoms with van der Waals surface area (Å²) in [5.41, 5.74) is -0.185. The molecule has 2 aromatic carbocycles. The molecule has 0 aliphatic rings. The smallest absolute Gasteiger partial charge is 0.331 e. The third-order valence-electron chi connectivity index (χ3n) is 4.35. The second-order valence-electron chi connectivity index (χ2n) is 6.20. The van der Waals surface area contributed by atoms with Gasteiger partial charge in [0.1, 0.15) is 13.2 Å². The van der Waals surface area contributed by atoms with Crippen molar-refractivity contribution in [3.63, 3.8) is 0 Å². The maximum Gasteiger partial charge on any atom is 0.331 e. The van der Waals surface area contributed by atoms with E-state index in [1.165, 1.54) is 10.6 Å². The van der Waals surface area contributed by atoms with Crippen molar-refractivity contribution in [3.8, 4) is 0 Å². The predicted octanol–water partition coefficient (Wildman–Crippen LogP) is 1.33. The molecule has 9 heteroatoms. The summed E-state index contributed by atoms with van der Waals surface area (Å²) in [6.45, 7) is -0.649. The number of hydrogen-bond acceptors (Lipinski definition) is 5. The number of aryl methyl sites for hydroxylation is 1. The zero-order valence-electron chi connectivity index (χ0n) is 15.6. The van der Waals surface area contributed by atoms with E-state index in [2.05, 4.69) is 5.32 Å². The number of para-hydroxylation sites is 1. The molecule has 1 heterocycles. The molecular formula is C20H18ClN3O5. The highest BCUT2D eigenvalue weighted by atomic mass is 35.5. The van der Waals surface area contributed by atoms with Crippen LogP contribution in [-0.2, 0) is 23.1 Å². The van der Waals surface area contributed by atoms with Gasteiger partial charge in [-0.2, -0.15) is 0 Å². The minimum absolute atomic E-state index is 0.0967. The van der Waals surface area contributed by atoms with Crippen molar-refractivity contribution >= 4 is 34.4 Å². The van der Waals surface area contributed by atoms with Crippen molar-refractivity contribution < 1.29 is 14.3 Å². The van der Waals surface area contributed by atoms with Crippen molar-refractivity contribution in [3.05, 3.63) is 80.0 Å². The van der Waals surface area contributed by atoms with Gasteiger partial charge < -0.3 is 10.1 Å². The van der Waals surface area contributed by atoms with E-state index in [9.17, 15) is 19.2 Å². The molecule has 1 aromatic heterocycles. The maximum atomic E-state index is 12.5. The second kappa shape index (κ2) is 8.74. The summed E-state index contributed by atoms with van der Waals surface area (Å²) in [6.07, 6.45) is 0. The van der Waals surface area contributed by atoms with Crippen LogP contribution in [0.3, 0.4) is 0 Å². The van der Waals surface area contributed by atoms with Crippen LogP contribution >= 0.6 is 11.6 Å². The second-order valence-corrected chi connectivity index (χ2v) is 6.61. The normalized spacial score (nSPS) is 10.7. The van der Waals surface area contributed by atoms with E-state index >= 15 is 0 Å². The SMILES string of the molecule is Cn1c(=O)n(CCOC(=O)CNC(=O)c2ccccc2Cl)c(=O)c2ccccc21. The van der Waals surface area contributed by atoms with Crippen LogP contribution < -0.4 is 16.6 Å². The fourth-order valence-corrected chi connectivity index (χ4v) is 3.08. The van der Waals surface area contributed by atoms with E-state index in [1.807, 2.05) is 0 Å². The minimum atomic E-state index is -0.698. The number of rotatable bonds is 6. The lowest BCUT2D eigenvalue weighted by Gasteiger charge is -2.11. The number of nitrogens with one attached hydrogen (secondary N) is 1. The molecule has 0 aliphatic heterocycles. The molecule has 0 radical (unpaired) electrons. The van der Waals surface area contributed by atoms with E-state index < -0.39 is 23.1 Å². The molecule has 3 aromatic rings. The number of ether oxygens (including phenoxy) is 1. The first-order chi connectivity index (χ1) is 13.9. The molecule has 0 saturated heterocycles. The molecular weight excluding hydrogens is 398 g/mol. The number of hydrogen-bond donors (Lipinski definition) is 1. The number of carbonyl (C=O) groups is 2. The summed E-state index contributed by atoms with van der Waals surface area (Å²) in [5.74, 6) is -1.21. The van der Waals surface area contributed by atoms with E-state index in [0.29, 0.717) is 10.9 Å². The number of benzene rings is 2. The third-order valence-corrected chi connectivity index (χ3v) is 4.68. The van der Waals surface area contributed by atoms with Crippen molar-refractivity contribution in [1.82, 2.24) is 14.5 Å². The zero-order valence-corrected chi connectivity index (χ0v) is 16.3. The molecule has 1 amide bonds. The van der Waals surface area contributed by atoms with Crippen LogP contribution in [0.25, 0.3) is 10.9 Å². The number of nitrogens with zero attached hydrogens (tertiary/aromatic N) is 2. The van der Waals surface area contributed by atoms with E-state index in [-0.39, 0.29) is 30.3 Å². The summed E-state index contributed by atoms with van der Waals surface area (Å²) in [6, 6.07) is 13.2. The van der Waals surface area contributed by atoms with Crippen LogP contribution in [0.4, 0.5) is 0 Å². The fraction of sp³-hybridized carbons (Fsp3) is 0.200. The molecule has 0 atom stereocenters. The van der Waals surface area contributed by atoms with Crippen LogP contribution in [0.2, 0.25) is 5.02 Å². The summed E-state index contributed by atoms with van der Waals surface area (Å²) in [4.78, 5) is 48.8. The largest absolute Gasteiger partial charge is 0.462 e.